The van der Waals surface area contributed by atoms with Gasteiger partial charge in [0.15, 0.2) is 6.10 Å². The van der Waals surface area contributed by atoms with E-state index in [-0.39, 0.29) is 17.4 Å². The Bertz CT molecular complexity index is 1230. The van der Waals surface area contributed by atoms with E-state index in [0.717, 1.165) is 16.6 Å². The van der Waals surface area contributed by atoms with Crippen LogP contribution in [0.15, 0.2) is 36.4 Å². The molecule has 0 spiro atoms. The number of H-pyrrole nitrogens is 1. The largest absolute Gasteiger partial charge is 0.497 e. The molecule has 32 heavy (non-hydrogen) atoms. The van der Waals surface area contributed by atoms with Crippen LogP contribution in [0, 0.1) is 0 Å². The molecule has 0 saturated carbocycles. The number of hydrogen-bond donors (Lipinski definition) is 1. The van der Waals surface area contributed by atoms with Crippen molar-refractivity contribution in [1.29, 1.82) is 0 Å². The number of benzene rings is 2. The van der Waals surface area contributed by atoms with Gasteiger partial charge in [-0.15, -0.1) is 0 Å². The Morgan fingerprint density at radius 1 is 1.06 bits per heavy atom. The second-order valence-corrected chi connectivity index (χ2v) is 7.65. The van der Waals surface area contributed by atoms with Gasteiger partial charge in [0.05, 0.1) is 19.7 Å². The lowest BCUT2D eigenvalue weighted by molar-refractivity contribution is -0.116. The van der Waals surface area contributed by atoms with Crippen LogP contribution in [0.2, 0.25) is 0 Å². The maximum absolute atomic E-state index is 12.9. The van der Waals surface area contributed by atoms with Crippen LogP contribution in [0.5, 0.6) is 11.5 Å². The number of methoxy groups -OCH3 is 2. The van der Waals surface area contributed by atoms with Crippen LogP contribution >= 0.6 is 0 Å². The molecule has 0 fully saturated rings. The first-order valence-corrected chi connectivity index (χ1v) is 10.2. The van der Waals surface area contributed by atoms with Gasteiger partial charge in [0.25, 0.3) is 0 Å². The van der Waals surface area contributed by atoms with Gasteiger partial charge in [-0.1, -0.05) is 0 Å². The summed E-state index contributed by atoms with van der Waals surface area (Å²) in [6.45, 7) is 3.66. The van der Waals surface area contributed by atoms with Crippen molar-refractivity contribution >= 4 is 34.3 Å². The number of carbonyl (C=O) groups is 3. The molecular weight excluding hydrogens is 412 g/mol. The third kappa shape index (κ3) is 3.79. The number of hydrogen-bond acceptors (Lipinski definition) is 6. The van der Waals surface area contributed by atoms with Crippen LogP contribution in [0.25, 0.3) is 10.9 Å². The van der Waals surface area contributed by atoms with Crippen molar-refractivity contribution in [2.45, 2.75) is 26.4 Å². The summed E-state index contributed by atoms with van der Waals surface area (Å²) in [6.07, 6.45) is -0.293. The van der Waals surface area contributed by atoms with Gasteiger partial charge < -0.3 is 24.1 Å². The van der Waals surface area contributed by atoms with Gasteiger partial charge in [0.1, 0.15) is 17.2 Å². The molecule has 8 nitrogen and oxygen atoms in total. The highest BCUT2D eigenvalue weighted by molar-refractivity contribution is 6.03. The fraction of sp³-hybridized carbons (Fsp3) is 0.292. The van der Waals surface area contributed by atoms with Crippen LogP contribution in [-0.4, -0.2) is 49.5 Å². The summed E-state index contributed by atoms with van der Waals surface area (Å²) in [5.74, 6) is 0.138. The van der Waals surface area contributed by atoms with Gasteiger partial charge >= 0.3 is 5.97 Å². The molecule has 0 saturated heterocycles. The lowest BCUT2D eigenvalue weighted by Gasteiger charge is -2.15. The zero-order chi connectivity index (χ0) is 23.0. The summed E-state index contributed by atoms with van der Waals surface area (Å²) in [5, 5.41) is 0.723. The first-order valence-electron chi connectivity index (χ1n) is 10.2. The van der Waals surface area contributed by atoms with Gasteiger partial charge in [0.2, 0.25) is 11.7 Å². The van der Waals surface area contributed by atoms with Gasteiger partial charge in [-0.25, -0.2) is 4.79 Å². The molecule has 1 unspecified atom stereocenters. The first kappa shape index (κ1) is 21.4. The van der Waals surface area contributed by atoms with E-state index in [1.807, 2.05) is 0 Å². The Hall–Kier alpha value is -3.81. The van der Waals surface area contributed by atoms with Crippen molar-refractivity contribution in [3.8, 4) is 11.5 Å². The van der Waals surface area contributed by atoms with Crippen LogP contribution < -0.4 is 14.4 Å². The summed E-state index contributed by atoms with van der Waals surface area (Å²) < 4.78 is 16.0. The Labute approximate surface area is 185 Å². The van der Waals surface area contributed by atoms with Crippen LogP contribution in [-0.2, 0) is 16.0 Å². The second kappa shape index (κ2) is 8.37. The third-order valence-corrected chi connectivity index (χ3v) is 5.63. The molecule has 2 aromatic carbocycles. The number of rotatable bonds is 6. The van der Waals surface area contributed by atoms with E-state index in [1.165, 1.54) is 14.0 Å². The number of aromatic amines is 1. The minimum absolute atomic E-state index is 0.0299. The first-order chi connectivity index (χ1) is 15.3. The number of carbonyl (C=O) groups excluding carboxylic acids is 3. The molecule has 0 radical (unpaired) electrons. The molecule has 0 aliphatic carbocycles. The van der Waals surface area contributed by atoms with Crippen molar-refractivity contribution in [2.24, 2.45) is 0 Å². The zero-order valence-corrected chi connectivity index (χ0v) is 18.4. The fourth-order valence-electron chi connectivity index (χ4n) is 3.97. The minimum Gasteiger partial charge on any atom is -0.497 e. The van der Waals surface area contributed by atoms with Gasteiger partial charge in [-0.2, -0.15) is 0 Å². The summed E-state index contributed by atoms with van der Waals surface area (Å²) in [6, 6.07) is 10.3. The average Bonchev–Trinajstić information content (AvgIpc) is 3.41. The van der Waals surface area contributed by atoms with Crippen molar-refractivity contribution in [1.82, 2.24) is 4.98 Å². The number of nitrogens with zero attached hydrogens (tertiary/aromatic N) is 1. The quantitative estimate of drug-likeness (QED) is 0.469. The summed E-state index contributed by atoms with van der Waals surface area (Å²) in [7, 11) is 3.08. The van der Waals surface area contributed by atoms with Crippen LogP contribution in [0.4, 0.5) is 5.69 Å². The summed E-state index contributed by atoms with van der Waals surface area (Å²) >= 11 is 0. The number of nitrogens with one attached hydrogen (secondary N) is 1. The lowest BCUT2D eigenvalue weighted by atomic mass is 10.0. The van der Waals surface area contributed by atoms with E-state index in [4.69, 9.17) is 14.2 Å². The molecule has 1 atom stereocenters. The predicted molar refractivity (Wildman–Crippen MR) is 119 cm³/mol. The van der Waals surface area contributed by atoms with Gasteiger partial charge in [0, 0.05) is 36.2 Å². The van der Waals surface area contributed by atoms with E-state index < -0.39 is 12.1 Å². The van der Waals surface area contributed by atoms with E-state index in [2.05, 4.69) is 4.98 Å². The average molecular weight is 436 g/mol. The fourth-order valence-corrected chi connectivity index (χ4v) is 3.97. The van der Waals surface area contributed by atoms with Gasteiger partial charge in [-0.3, -0.25) is 9.59 Å². The van der Waals surface area contributed by atoms with Crippen molar-refractivity contribution < 1.29 is 28.6 Å². The molecule has 0 bridgehead atoms. The monoisotopic (exact) mass is 436 g/mol. The van der Waals surface area contributed by atoms with Gasteiger partial charge in [-0.05, 0) is 49.2 Å². The number of ketones is 1. The topological polar surface area (TPSA) is 97.9 Å². The number of aromatic nitrogens is 1. The normalized spacial score (nSPS) is 13.6. The standard InChI is InChI=1S/C24H24N2O6/c1-13(23(28)16-5-6-20-15(9-16)7-8-26(20)14(2)27)32-24(29)19-11-17-10-18(30-3)12-21(31-4)22(17)25-19/h5-6,9-13,25H,7-8H2,1-4H3. The van der Waals surface area contributed by atoms with Crippen molar-refractivity contribution in [3.05, 3.63) is 53.2 Å². The number of ether oxygens (including phenoxy) is 3. The third-order valence-electron chi connectivity index (χ3n) is 5.63. The van der Waals surface area contributed by atoms with E-state index >= 15 is 0 Å². The molecule has 4 rings (SSSR count). The summed E-state index contributed by atoms with van der Waals surface area (Å²) in [5.41, 5.74) is 3.03. The highest BCUT2D eigenvalue weighted by atomic mass is 16.5. The maximum atomic E-state index is 12.9. The minimum atomic E-state index is -0.978. The smallest absolute Gasteiger partial charge is 0.355 e. The molecule has 1 amide bonds. The van der Waals surface area contributed by atoms with Crippen molar-refractivity contribution in [3.63, 3.8) is 0 Å². The Balaban J connectivity index is 1.51. The number of Topliss-reactive ketones (excluding diaryl/α,β-unsaturated/α-hetero) is 1. The molecule has 3 aromatic rings. The Kier molecular flexibility index (Phi) is 5.61. The number of esters is 1. The number of anilines is 1. The number of amides is 1. The lowest BCUT2D eigenvalue weighted by Crippen LogP contribution is -2.26. The molecule has 1 aliphatic heterocycles. The summed E-state index contributed by atoms with van der Waals surface area (Å²) in [4.78, 5) is 42.0. The molecular formula is C24H24N2O6. The van der Waals surface area contributed by atoms with E-state index in [0.29, 0.717) is 35.5 Å². The molecule has 2 heterocycles. The van der Waals surface area contributed by atoms with E-state index in [1.54, 1.807) is 55.3 Å². The predicted octanol–water partition coefficient (Wildman–Crippen LogP) is 3.52. The highest BCUT2D eigenvalue weighted by Gasteiger charge is 2.26. The molecule has 1 aromatic heterocycles. The molecule has 1 N–H and O–H groups in total. The molecule has 166 valence electrons. The van der Waals surface area contributed by atoms with Crippen LogP contribution in [0.3, 0.4) is 0 Å². The Morgan fingerprint density at radius 2 is 1.84 bits per heavy atom. The van der Waals surface area contributed by atoms with Crippen LogP contribution in [0.1, 0.15) is 40.3 Å². The second-order valence-electron chi connectivity index (χ2n) is 7.65. The van der Waals surface area contributed by atoms with Crippen molar-refractivity contribution in [2.75, 3.05) is 25.7 Å². The molecule has 8 heteroatoms. The highest BCUT2D eigenvalue weighted by Crippen LogP contribution is 2.32. The molecule has 1 aliphatic rings. The number of fused-ring (bicyclic) bond motifs is 2. The van der Waals surface area contributed by atoms with E-state index in [9.17, 15) is 14.4 Å². The zero-order valence-electron chi connectivity index (χ0n) is 18.4. The Morgan fingerprint density at radius 3 is 2.53 bits per heavy atom. The SMILES string of the molecule is COc1cc(OC)c2[nH]c(C(=O)OC(C)C(=O)c3ccc4c(c3)CCN4C(C)=O)cc2c1. The maximum Gasteiger partial charge on any atom is 0.355 e.